The Kier molecular flexibility index (Phi) is 6.42. The van der Waals surface area contributed by atoms with Gasteiger partial charge in [-0.05, 0) is 37.6 Å². The lowest BCUT2D eigenvalue weighted by atomic mass is 9.96. The Hall–Kier alpha value is -4.05. The van der Waals surface area contributed by atoms with Crippen LogP contribution in [0.25, 0.3) is 5.76 Å². The molecule has 9 nitrogen and oxygen atoms in total. The number of carbonyl (C=O) groups excluding carboxylic acids is 3. The van der Waals surface area contributed by atoms with Crippen LogP contribution in [0.4, 0.5) is 5.13 Å². The van der Waals surface area contributed by atoms with Crippen molar-refractivity contribution in [2.45, 2.75) is 19.9 Å². The van der Waals surface area contributed by atoms with Crippen LogP contribution in [0, 0.1) is 6.92 Å². The second-order valence-corrected chi connectivity index (χ2v) is 8.30. The van der Waals surface area contributed by atoms with Crippen molar-refractivity contribution < 1.29 is 29.0 Å². The highest BCUT2D eigenvalue weighted by Gasteiger charge is 2.48. The maximum atomic E-state index is 13.2. The number of thiazole rings is 1. The van der Waals surface area contributed by atoms with E-state index < -0.39 is 23.7 Å². The number of esters is 1. The summed E-state index contributed by atoms with van der Waals surface area (Å²) in [6, 6.07) is 8.90. The van der Waals surface area contributed by atoms with Gasteiger partial charge in [0.2, 0.25) is 0 Å². The summed E-state index contributed by atoms with van der Waals surface area (Å²) in [6.07, 6.45) is 3.07. The number of amides is 1. The van der Waals surface area contributed by atoms with Gasteiger partial charge in [0, 0.05) is 18.0 Å². The fraction of sp³-hybridized carbons (Fsp3) is 0.208. The van der Waals surface area contributed by atoms with Crippen LogP contribution in [0.2, 0.25) is 0 Å². The number of ether oxygens (including phenoxy) is 2. The van der Waals surface area contributed by atoms with Crippen molar-refractivity contribution in [3.05, 3.63) is 76.1 Å². The number of aliphatic hydroxyl groups excluding tert-OH is 1. The first-order chi connectivity index (χ1) is 16.4. The maximum absolute atomic E-state index is 13.2. The first kappa shape index (κ1) is 23.1. The van der Waals surface area contributed by atoms with Crippen LogP contribution < -0.4 is 9.64 Å². The molecule has 1 unspecified atom stereocenters. The Morgan fingerprint density at radius 1 is 1.24 bits per heavy atom. The molecule has 1 atom stereocenters. The topological polar surface area (TPSA) is 119 Å². The molecule has 174 valence electrons. The van der Waals surface area contributed by atoms with E-state index in [9.17, 15) is 19.5 Å². The molecule has 34 heavy (non-hydrogen) atoms. The molecule has 0 saturated carbocycles. The minimum Gasteiger partial charge on any atom is -0.507 e. The smallest absolute Gasteiger partial charge is 0.350 e. The summed E-state index contributed by atoms with van der Waals surface area (Å²) in [5.74, 6) is -2.19. The molecular formula is C24H21N3O6S. The Morgan fingerprint density at radius 2 is 2.03 bits per heavy atom. The van der Waals surface area contributed by atoms with Gasteiger partial charge >= 0.3 is 11.9 Å². The highest BCUT2D eigenvalue weighted by molar-refractivity contribution is 7.17. The predicted octanol–water partition coefficient (Wildman–Crippen LogP) is 3.66. The molecule has 1 amide bonds. The zero-order valence-corrected chi connectivity index (χ0v) is 19.5. The summed E-state index contributed by atoms with van der Waals surface area (Å²) in [7, 11) is 1.49. The number of aromatic nitrogens is 2. The van der Waals surface area contributed by atoms with Gasteiger partial charge < -0.3 is 14.6 Å². The number of aryl methyl sites for hydroxylation is 1. The highest BCUT2D eigenvalue weighted by Crippen LogP contribution is 2.43. The maximum Gasteiger partial charge on any atom is 0.350 e. The summed E-state index contributed by atoms with van der Waals surface area (Å²) in [4.78, 5) is 48.6. The van der Waals surface area contributed by atoms with Gasteiger partial charge in [-0.1, -0.05) is 29.5 Å². The monoisotopic (exact) mass is 479 g/mol. The summed E-state index contributed by atoms with van der Waals surface area (Å²) < 4.78 is 10.3. The molecular weight excluding hydrogens is 458 g/mol. The van der Waals surface area contributed by atoms with Gasteiger partial charge in [-0.2, -0.15) is 0 Å². The number of aliphatic hydroxyl groups is 1. The average molecular weight is 480 g/mol. The van der Waals surface area contributed by atoms with E-state index in [2.05, 4.69) is 9.97 Å². The lowest BCUT2D eigenvalue weighted by Gasteiger charge is -2.22. The molecule has 10 heteroatoms. The fourth-order valence-electron chi connectivity index (χ4n) is 3.68. The average Bonchev–Trinajstić information content (AvgIpc) is 3.36. The largest absolute Gasteiger partial charge is 0.507 e. The molecule has 0 radical (unpaired) electrons. The first-order valence-electron chi connectivity index (χ1n) is 10.4. The number of methoxy groups -OCH3 is 1. The number of benzene rings is 1. The third-order valence-electron chi connectivity index (χ3n) is 5.24. The SMILES string of the molecule is CCOC(=O)c1sc(N2C(=O)C(=O)/C(=C(/O)c3cccc(OC)c3)C2c2cccnc2)nc1C. The van der Waals surface area contributed by atoms with E-state index in [1.54, 1.807) is 56.4 Å². The van der Waals surface area contributed by atoms with Crippen LogP contribution in [-0.4, -0.2) is 46.5 Å². The second kappa shape index (κ2) is 9.44. The lowest BCUT2D eigenvalue weighted by Crippen LogP contribution is -2.29. The normalized spacial score (nSPS) is 17.1. The van der Waals surface area contributed by atoms with Crippen LogP contribution in [0.3, 0.4) is 0 Å². The van der Waals surface area contributed by atoms with E-state index in [4.69, 9.17) is 9.47 Å². The summed E-state index contributed by atoms with van der Waals surface area (Å²) in [6.45, 7) is 3.50. The van der Waals surface area contributed by atoms with E-state index >= 15 is 0 Å². The van der Waals surface area contributed by atoms with Crippen LogP contribution in [-0.2, 0) is 14.3 Å². The highest BCUT2D eigenvalue weighted by atomic mass is 32.1. The second-order valence-electron chi connectivity index (χ2n) is 7.32. The Morgan fingerprint density at radius 3 is 2.71 bits per heavy atom. The van der Waals surface area contributed by atoms with Crippen LogP contribution >= 0.6 is 11.3 Å². The molecule has 1 aliphatic heterocycles. The standard InChI is InChI=1S/C24H21N3O6S/c1-4-33-23(31)21-13(2)26-24(34-21)27-18(15-8-6-10-25-12-15)17(20(29)22(27)30)19(28)14-7-5-9-16(11-14)32-3/h5-12,18,28H,4H2,1-3H3/b19-17+. The van der Waals surface area contributed by atoms with Crippen molar-refractivity contribution in [1.82, 2.24) is 9.97 Å². The summed E-state index contributed by atoms with van der Waals surface area (Å²) in [5.41, 5.74) is 1.07. The van der Waals surface area contributed by atoms with Crippen molar-refractivity contribution in [3.8, 4) is 5.75 Å². The summed E-state index contributed by atoms with van der Waals surface area (Å²) >= 11 is 0.947. The quantitative estimate of drug-likeness (QED) is 0.246. The number of carbonyl (C=O) groups is 3. The van der Waals surface area contributed by atoms with E-state index in [0.29, 0.717) is 22.6 Å². The number of ketones is 1. The number of pyridine rings is 1. The molecule has 1 saturated heterocycles. The third-order valence-corrected chi connectivity index (χ3v) is 6.38. The zero-order valence-electron chi connectivity index (χ0n) is 18.6. The minimum atomic E-state index is -1.000. The number of nitrogens with zero attached hydrogens (tertiary/aromatic N) is 3. The van der Waals surface area contributed by atoms with Crippen LogP contribution in [0.1, 0.15) is 39.5 Å². The molecule has 1 N–H and O–H groups in total. The van der Waals surface area contributed by atoms with Crippen molar-refractivity contribution in [2.75, 3.05) is 18.6 Å². The van der Waals surface area contributed by atoms with Gasteiger partial charge in [-0.25, -0.2) is 9.78 Å². The lowest BCUT2D eigenvalue weighted by molar-refractivity contribution is -0.132. The molecule has 4 rings (SSSR count). The fourth-order valence-corrected chi connectivity index (χ4v) is 4.67. The minimum absolute atomic E-state index is 0.114. The number of rotatable bonds is 6. The van der Waals surface area contributed by atoms with Crippen molar-refractivity contribution in [2.24, 2.45) is 0 Å². The molecule has 3 aromatic rings. The van der Waals surface area contributed by atoms with Crippen molar-refractivity contribution >= 4 is 39.9 Å². The van der Waals surface area contributed by atoms with Gasteiger partial charge in [0.05, 0.1) is 31.0 Å². The van der Waals surface area contributed by atoms with E-state index in [1.807, 2.05) is 0 Å². The van der Waals surface area contributed by atoms with Crippen LogP contribution in [0.15, 0.2) is 54.4 Å². The molecule has 1 fully saturated rings. The zero-order chi connectivity index (χ0) is 24.4. The molecule has 0 spiro atoms. The van der Waals surface area contributed by atoms with E-state index in [0.717, 1.165) is 11.3 Å². The van der Waals surface area contributed by atoms with E-state index in [-0.39, 0.29) is 27.9 Å². The Labute approximate surface area is 199 Å². The number of hydrogen-bond donors (Lipinski definition) is 1. The summed E-state index contributed by atoms with van der Waals surface area (Å²) in [5, 5.41) is 11.3. The first-order valence-corrected chi connectivity index (χ1v) is 11.2. The van der Waals surface area contributed by atoms with Gasteiger partial charge in [0.25, 0.3) is 5.78 Å². The van der Waals surface area contributed by atoms with Gasteiger partial charge in [0.1, 0.15) is 16.4 Å². The van der Waals surface area contributed by atoms with Gasteiger partial charge in [0.15, 0.2) is 5.13 Å². The van der Waals surface area contributed by atoms with Gasteiger partial charge in [-0.3, -0.25) is 19.5 Å². The van der Waals surface area contributed by atoms with Crippen molar-refractivity contribution in [3.63, 3.8) is 0 Å². The molecule has 1 aliphatic rings. The predicted molar refractivity (Wildman–Crippen MR) is 125 cm³/mol. The van der Waals surface area contributed by atoms with E-state index in [1.165, 1.54) is 18.2 Å². The number of anilines is 1. The molecule has 1 aromatic carbocycles. The molecule has 2 aromatic heterocycles. The number of Topliss-reactive ketones (excluding diaryl/α,β-unsaturated/α-hetero) is 1. The molecule has 0 aliphatic carbocycles. The van der Waals surface area contributed by atoms with Crippen molar-refractivity contribution in [1.29, 1.82) is 0 Å². The molecule has 3 heterocycles. The Bertz CT molecular complexity index is 1300. The number of hydrogen-bond acceptors (Lipinski definition) is 9. The van der Waals surface area contributed by atoms with Crippen LogP contribution in [0.5, 0.6) is 5.75 Å². The van der Waals surface area contributed by atoms with Gasteiger partial charge in [-0.15, -0.1) is 0 Å². The Balaban J connectivity index is 1.90. The third kappa shape index (κ3) is 4.03. The molecule has 0 bridgehead atoms.